The van der Waals surface area contributed by atoms with E-state index < -0.39 is 10.0 Å². The van der Waals surface area contributed by atoms with Gasteiger partial charge in [0.15, 0.2) is 0 Å². The predicted molar refractivity (Wildman–Crippen MR) is 75.1 cm³/mol. The van der Waals surface area contributed by atoms with Crippen LogP contribution < -0.4 is 5.14 Å². The molecule has 4 nitrogen and oxygen atoms in total. The molecular formula is C14H12N2O2S. The summed E-state index contributed by atoms with van der Waals surface area (Å²) >= 11 is 0. The smallest absolute Gasteiger partial charge is 0.238 e. The number of para-hydroxylation sites is 1. The van der Waals surface area contributed by atoms with E-state index in [9.17, 15) is 8.42 Å². The zero-order valence-corrected chi connectivity index (χ0v) is 10.8. The molecule has 0 saturated heterocycles. The molecular weight excluding hydrogens is 260 g/mol. The van der Waals surface area contributed by atoms with Gasteiger partial charge in [-0.3, -0.25) is 0 Å². The highest BCUT2D eigenvalue weighted by atomic mass is 32.2. The number of primary sulfonamides is 1. The van der Waals surface area contributed by atoms with Crippen LogP contribution in [0.1, 0.15) is 0 Å². The maximum absolute atomic E-state index is 11.6. The van der Waals surface area contributed by atoms with Crippen molar-refractivity contribution in [2.45, 2.75) is 4.90 Å². The quantitative estimate of drug-likeness (QED) is 0.752. The highest BCUT2D eigenvalue weighted by molar-refractivity contribution is 7.89. The molecule has 0 aliphatic carbocycles. The Balaban J connectivity index is 2.27. The summed E-state index contributed by atoms with van der Waals surface area (Å²) < 4.78 is 23.2. The molecule has 0 fully saturated rings. The fraction of sp³-hybridized carbons (Fsp3) is 0. The number of rotatable bonds is 2. The zero-order valence-electron chi connectivity index (χ0n) is 10.00. The highest BCUT2D eigenvalue weighted by Crippen LogP contribution is 2.28. The summed E-state index contributed by atoms with van der Waals surface area (Å²) in [7, 11) is -3.74. The number of aromatic amines is 1. The Morgan fingerprint density at radius 1 is 0.947 bits per heavy atom. The van der Waals surface area contributed by atoms with Gasteiger partial charge in [0.05, 0.1) is 4.90 Å². The normalized spacial score (nSPS) is 11.8. The molecule has 0 bridgehead atoms. The molecule has 5 heteroatoms. The third-order valence-corrected chi connectivity index (χ3v) is 3.98. The second kappa shape index (κ2) is 4.22. The van der Waals surface area contributed by atoms with E-state index in [1.54, 1.807) is 18.2 Å². The number of nitrogens with two attached hydrogens (primary N) is 1. The molecule has 0 aliphatic heterocycles. The summed E-state index contributed by atoms with van der Waals surface area (Å²) in [6, 6.07) is 16.4. The van der Waals surface area contributed by atoms with Gasteiger partial charge in [0, 0.05) is 22.2 Å². The second-order valence-electron chi connectivity index (χ2n) is 4.31. The standard InChI is InChI=1S/C14H12N2O2S/c15-19(17,18)14-8-4-2-6-11(14)13-9-10-5-1-3-7-12(10)16-13/h1-9,16H,(H2,15,17,18). The molecule has 96 valence electrons. The Labute approximate surface area is 110 Å². The van der Waals surface area contributed by atoms with Gasteiger partial charge in [0.25, 0.3) is 0 Å². The third kappa shape index (κ3) is 2.14. The first kappa shape index (κ1) is 12.0. The van der Waals surface area contributed by atoms with E-state index in [-0.39, 0.29) is 4.90 Å². The van der Waals surface area contributed by atoms with Gasteiger partial charge in [0.2, 0.25) is 10.0 Å². The van der Waals surface area contributed by atoms with Crippen molar-refractivity contribution >= 4 is 20.9 Å². The fourth-order valence-electron chi connectivity index (χ4n) is 2.16. The Hall–Kier alpha value is -2.11. The Morgan fingerprint density at radius 2 is 1.63 bits per heavy atom. The van der Waals surface area contributed by atoms with Gasteiger partial charge < -0.3 is 4.98 Å². The monoisotopic (exact) mass is 272 g/mol. The summed E-state index contributed by atoms with van der Waals surface area (Å²) in [5.41, 5.74) is 2.29. The lowest BCUT2D eigenvalue weighted by Crippen LogP contribution is -2.13. The first-order chi connectivity index (χ1) is 9.05. The molecule has 1 aromatic heterocycles. The van der Waals surface area contributed by atoms with Crippen molar-refractivity contribution in [2.24, 2.45) is 5.14 Å². The lowest BCUT2D eigenvalue weighted by molar-refractivity contribution is 0.598. The molecule has 1 heterocycles. The molecule has 0 atom stereocenters. The second-order valence-corrected chi connectivity index (χ2v) is 5.84. The molecule has 0 aliphatic rings. The lowest BCUT2D eigenvalue weighted by Gasteiger charge is -2.05. The summed E-state index contributed by atoms with van der Waals surface area (Å²) in [6.07, 6.45) is 0. The summed E-state index contributed by atoms with van der Waals surface area (Å²) in [5.74, 6) is 0. The number of hydrogen-bond donors (Lipinski definition) is 2. The van der Waals surface area contributed by atoms with Crippen molar-refractivity contribution in [1.29, 1.82) is 0 Å². The minimum Gasteiger partial charge on any atom is -0.354 e. The third-order valence-electron chi connectivity index (χ3n) is 3.01. The van der Waals surface area contributed by atoms with Crippen molar-refractivity contribution in [2.75, 3.05) is 0 Å². The van der Waals surface area contributed by atoms with Crippen LogP contribution in [-0.4, -0.2) is 13.4 Å². The van der Waals surface area contributed by atoms with Crippen molar-refractivity contribution in [3.05, 3.63) is 54.6 Å². The Morgan fingerprint density at radius 3 is 2.37 bits per heavy atom. The number of benzene rings is 2. The minimum absolute atomic E-state index is 0.126. The van der Waals surface area contributed by atoms with Crippen molar-refractivity contribution in [1.82, 2.24) is 4.98 Å². The Bertz CT molecular complexity index is 818. The summed E-state index contributed by atoms with van der Waals surface area (Å²) in [4.78, 5) is 3.33. The van der Waals surface area contributed by atoms with Gasteiger partial charge in [0.1, 0.15) is 0 Å². The summed E-state index contributed by atoms with van der Waals surface area (Å²) in [6.45, 7) is 0. The van der Waals surface area contributed by atoms with Gasteiger partial charge in [-0.25, -0.2) is 13.6 Å². The predicted octanol–water partition coefficient (Wildman–Crippen LogP) is 2.48. The SMILES string of the molecule is NS(=O)(=O)c1ccccc1-c1cc2ccccc2[nH]1. The largest absolute Gasteiger partial charge is 0.354 e. The zero-order chi connectivity index (χ0) is 13.5. The number of nitrogens with one attached hydrogen (secondary N) is 1. The van der Waals surface area contributed by atoms with Gasteiger partial charge in [-0.05, 0) is 18.2 Å². The number of sulfonamides is 1. The lowest BCUT2D eigenvalue weighted by atomic mass is 10.1. The van der Waals surface area contributed by atoms with E-state index in [2.05, 4.69) is 4.98 Å². The van der Waals surface area contributed by atoms with E-state index in [1.165, 1.54) is 6.07 Å². The van der Waals surface area contributed by atoms with Crippen LogP contribution in [0.15, 0.2) is 59.5 Å². The van der Waals surface area contributed by atoms with Crippen LogP contribution in [0.25, 0.3) is 22.2 Å². The highest BCUT2D eigenvalue weighted by Gasteiger charge is 2.15. The number of hydrogen-bond acceptors (Lipinski definition) is 2. The van der Waals surface area contributed by atoms with E-state index in [0.29, 0.717) is 5.56 Å². The van der Waals surface area contributed by atoms with Crippen LogP contribution in [-0.2, 0) is 10.0 Å². The molecule has 0 spiro atoms. The van der Waals surface area contributed by atoms with Gasteiger partial charge in [-0.15, -0.1) is 0 Å². The number of fused-ring (bicyclic) bond motifs is 1. The van der Waals surface area contributed by atoms with E-state index in [0.717, 1.165) is 16.6 Å². The first-order valence-electron chi connectivity index (χ1n) is 5.76. The van der Waals surface area contributed by atoms with E-state index in [1.807, 2.05) is 30.3 Å². The average molecular weight is 272 g/mol. The summed E-state index contributed by atoms with van der Waals surface area (Å²) in [5, 5.41) is 6.28. The first-order valence-corrected chi connectivity index (χ1v) is 7.30. The van der Waals surface area contributed by atoms with Crippen LogP contribution in [0.2, 0.25) is 0 Å². The van der Waals surface area contributed by atoms with E-state index in [4.69, 9.17) is 5.14 Å². The number of aromatic nitrogens is 1. The van der Waals surface area contributed by atoms with Crippen LogP contribution in [0.5, 0.6) is 0 Å². The maximum Gasteiger partial charge on any atom is 0.238 e. The topological polar surface area (TPSA) is 76.0 Å². The molecule has 0 amide bonds. The maximum atomic E-state index is 11.6. The van der Waals surface area contributed by atoms with Crippen LogP contribution in [0.4, 0.5) is 0 Å². The molecule has 0 saturated carbocycles. The Kier molecular flexibility index (Phi) is 2.66. The molecule has 3 aromatic rings. The van der Waals surface area contributed by atoms with Crippen LogP contribution in [0, 0.1) is 0 Å². The molecule has 3 N–H and O–H groups in total. The van der Waals surface area contributed by atoms with Gasteiger partial charge in [-0.1, -0.05) is 36.4 Å². The van der Waals surface area contributed by atoms with Crippen molar-refractivity contribution in [3.63, 3.8) is 0 Å². The number of H-pyrrole nitrogens is 1. The minimum atomic E-state index is -3.74. The van der Waals surface area contributed by atoms with Crippen molar-refractivity contribution in [3.8, 4) is 11.3 Å². The van der Waals surface area contributed by atoms with Crippen LogP contribution >= 0.6 is 0 Å². The fourth-order valence-corrected chi connectivity index (χ4v) is 2.91. The molecule has 19 heavy (non-hydrogen) atoms. The average Bonchev–Trinajstić information content (AvgIpc) is 2.81. The molecule has 0 unspecified atom stereocenters. The molecule has 2 aromatic carbocycles. The molecule has 3 rings (SSSR count). The van der Waals surface area contributed by atoms with E-state index >= 15 is 0 Å². The van der Waals surface area contributed by atoms with Gasteiger partial charge in [-0.2, -0.15) is 0 Å². The van der Waals surface area contributed by atoms with Crippen LogP contribution in [0.3, 0.4) is 0 Å². The molecule has 0 radical (unpaired) electrons. The van der Waals surface area contributed by atoms with Gasteiger partial charge >= 0.3 is 0 Å². The van der Waals surface area contributed by atoms with Crippen molar-refractivity contribution < 1.29 is 8.42 Å².